The number of para-hydroxylation sites is 2. The molecule has 0 aliphatic heterocycles. The molecule has 2 aromatic carbocycles. The minimum atomic E-state index is -0.489. The maximum Gasteiger partial charge on any atom is 0.340 e. The lowest BCUT2D eigenvalue weighted by Crippen LogP contribution is -2.33. The number of benzene rings is 2. The number of nitrogens with one attached hydrogen (secondary N) is 2. The third kappa shape index (κ3) is 6.45. The molecule has 2 rings (SSSR count). The molecule has 26 heavy (non-hydrogen) atoms. The summed E-state index contributed by atoms with van der Waals surface area (Å²) in [5.41, 5.74) is 5.96. The number of hydrogen-bond donors (Lipinski definition) is 2. The Morgan fingerprint density at radius 3 is 2.46 bits per heavy atom. The first kappa shape index (κ1) is 19.3. The van der Waals surface area contributed by atoms with Crippen LogP contribution in [0.3, 0.4) is 0 Å². The number of amides is 1. The summed E-state index contributed by atoms with van der Waals surface area (Å²) in [5.74, 6) is -0.0376. The van der Waals surface area contributed by atoms with Crippen LogP contribution in [0.15, 0.2) is 54.6 Å². The summed E-state index contributed by atoms with van der Waals surface area (Å²) >= 11 is 0. The first-order valence-electron chi connectivity index (χ1n) is 8.18. The highest BCUT2D eigenvalue weighted by molar-refractivity contribution is 5.95. The van der Waals surface area contributed by atoms with Crippen LogP contribution in [0.4, 0.5) is 5.69 Å². The first-order valence-corrected chi connectivity index (χ1v) is 8.18. The number of ether oxygens (including phenoxy) is 3. The molecule has 0 fully saturated rings. The van der Waals surface area contributed by atoms with Crippen molar-refractivity contribution in [2.24, 2.45) is 0 Å². The Balaban J connectivity index is 1.61. The molecule has 7 nitrogen and oxygen atoms in total. The molecule has 0 saturated carbocycles. The van der Waals surface area contributed by atoms with E-state index in [1.165, 1.54) is 7.11 Å². The van der Waals surface area contributed by atoms with Crippen LogP contribution >= 0.6 is 0 Å². The molecule has 0 radical (unpaired) electrons. The van der Waals surface area contributed by atoms with Crippen LogP contribution in [0.1, 0.15) is 16.8 Å². The van der Waals surface area contributed by atoms with E-state index in [1.807, 2.05) is 30.3 Å². The van der Waals surface area contributed by atoms with Crippen molar-refractivity contribution in [3.63, 3.8) is 0 Å². The van der Waals surface area contributed by atoms with Crippen molar-refractivity contribution >= 4 is 17.6 Å². The van der Waals surface area contributed by atoms with E-state index in [-0.39, 0.29) is 12.5 Å². The molecule has 0 aromatic heterocycles. The zero-order valence-electron chi connectivity index (χ0n) is 14.6. The standard InChI is InChI=1S/C19H22N2O5/c1-24-19(23)16-10-5-6-11-17(16)20-21-18(22)14-25-12-7-13-26-15-8-3-2-4-9-15/h2-6,8-11,20H,7,12-14H2,1H3,(H,21,22). The van der Waals surface area contributed by atoms with Crippen LogP contribution in [0, 0.1) is 0 Å². The largest absolute Gasteiger partial charge is 0.494 e. The number of methoxy groups -OCH3 is 1. The predicted molar refractivity (Wildman–Crippen MR) is 96.9 cm³/mol. The Morgan fingerprint density at radius 1 is 0.962 bits per heavy atom. The third-order valence-corrected chi connectivity index (χ3v) is 3.35. The lowest BCUT2D eigenvalue weighted by atomic mass is 10.2. The highest BCUT2D eigenvalue weighted by atomic mass is 16.5. The molecule has 1 amide bonds. The van der Waals surface area contributed by atoms with E-state index in [0.29, 0.717) is 30.9 Å². The van der Waals surface area contributed by atoms with Crippen LogP contribution in [0.2, 0.25) is 0 Å². The van der Waals surface area contributed by atoms with Gasteiger partial charge >= 0.3 is 5.97 Å². The Hall–Kier alpha value is -3.06. The van der Waals surface area contributed by atoms with E-state index in [9.17, 15) is 9.59 Å². The van der Waals surface area contributed by atoms with E-state index >= 15 is 0 Å². The van der Waals surface area contributed by atoms with Gasteiger partial charge in [0, 0.05) is 6.42 Å². The number of hydrazine groups is 1. The molecule has 0 spiro atoms. The molecule has 0 aliphatic carbocycles. The van der Waals surface area contributed by atoms with Crippen molar-refractivity contribution < 1.29 is 23.8 Å². The molecule has 138 valence electrons. The van der Waals surface area contributed by atoms with Gasteiger partial charge in [0.2, 0.25) is 0 Å². The highest BCUT2D eigenvalue weighted by Crippen LogP contribution is 2.14. The molecule has 2 aromatic rings. The Kier molecular flexibility index (Phi) is 7.95. The smallest absolute Gasteiger partial charge is 0.340 e. The third-order valence-electron chi connectivity index (χ3n) is 3.35. The fourth-order valence-corrected chi connectivity index (χ4v) is 2.09. The Morgan fingerprint density at radius 2 is 1.69 bits per heavy atom. The van der Waals surface area contributed by atoms with E-state index in [1.54, 1.807) is 24.3 Å². The molecule has 0 atom stereocenters. The average molecular weight is 358 g/mol. The number of rotatable bonds is 10. The van der Waals surface area contributed by atoms with Gasteiger partial charge in [-0.2, -0.15) is 0 Å². The molecule has 0 heterocycles. The second kappa shape index (κ2) is 10.7. The van der Waals surface area contributed by atoms with Crippen molar-refractivity contribution in [1.82, 2.24) is 5.43 Å². The average Bonchev–Trinajstić information content (AvgIpc) is 2.69. The summed E-state index contributed by atoms with van der Waals surface area (Å²) in [6.07, 6.45) is 0.667. The van der Waals surface area contributed by atoms with Crippen molar-refractivity contribution in [2.45, 2.75) is 6.42 Å². The second-order valence-corrected chi connectivity index (χ2v) is 5.28. The van der Waals surface area contributed by atoms with E-state index in [2.05, 4.69) is 15.6 Å². The monoisotopic (exact) mass is 358 g/mol. The molecule has 0 aliphatic rings. The molecular formula is C19H22N2O5. The zero-order chi connectivity index (χ0) is 18.6. The van der Waals surface area contributed by atoms with Gasteiger partial charge in [0.25, 0.3) is 5.91 Å². The van der Waals surface area contributed by atoms with Gasteiger partial charge in [0.15, 0.2) is 0 Å². The van der Waals surface area contributed by atoms with Crippen LogP contribution in [-0.2, 0) is 14.3 Å². The topological polar surface area (TPSA) is 85.9 Å². The fourth-order valence-electron chi connectivity index (χ4n) is 2.09. The van der Waals surface area contributed by atoms with Crippen LogP contribution < -0.4 is 15.6 Å². The van der Waals surface area contributed by atoms with Gasteiger partial charge in [-0.3, -0.25) is 15.6 Å². The SMILES string of the molecule is COC(=O)c1ccccc1NNC(=O)COCCCOc1ccccc1. The number of carbonyl (C=O) groups excluding carboxylic acids is 2. The van der Waals surface area contributed by atoms with Gasteiger partial charge in [-0.1, -0.05) is 30.3 Å². The summed E-state index contributed by atoms with van der Waals surface area (Å²) in [6.45, 7) is 0.814. The molecule has 7 heteroatoms. The summed E-state index contributed by atoms with van der Waals surface area (Å²) < 4.78 is 15.5. The van der Waals surface area contributed by atoms with Crippen LogP contribution in [0.5, 0.6) is 5.75 Å². The lowest BCUT2D eigenvalue weighted by molar-refractivity contribution is -0.125. The van der Waals surface area contributed by atoms with Crippen molar-refractivity contribution in [3.05, 3.63) is 60.2 Å². The van der Waals surface area contributed by atoms with E-state index in [0.717, 1.165) is 5.75 Å². The van der Waals surface area contributed by atoms with Crippen molar-refractivity contribution in [2.75, 3.05) is 32.4 Å². The van der Waals surface area contributed by atoms with Crippen LogP contribution in [0.25, 0.3) is 0 Å². The number of esters is 1. The van der Waals surface area contributed by atoms with Gasteiger partial charge < -0.3 is 14.2 Å². The van der Waals surface area contributed by atoms with Gasteiger partial charge in [-0.25, -0.2) is 4.79 Å². The second-order valence-electron chi connectivity index (χ2n) is 5.28. The number of carbonyl (C=O) groups is 2. The molecule has 0 unspecified atom stereocenters. The molecule has 0 bridgehead atoms. The van der Waals surface area contributed by atoms with Crippen molar-refractivity contribution in [1.29, 1.82) is 0 Å². The normalized spacial score (nSPS) is 10.0. The van der Waals surface area contributed by atoms with Crippen molar-refractivity contribution in [3.8, 4) is 5.75 Å². The summed E-state index contributed by atoms with van der Waals surface area (Å²) in [4.78, 5) is 23.4. The molecule has 0 saturated heterocycles. The van der Waals surface area contributed by atoms with Gasteiger partial charge in [-0.15, -0.1) is 0 Å². The maximum absolute atomic E-state index is 11.8. The quantitative estimate of drug-likeness (QED) is 0.385. The molecule has 2 N–H and O–H groups in total. The first-order chi connectivity index (χ1) is 12.7. The lowest BCUT2D eigenvalue weighted by Gasteiger charge is -2.12. The number of anilines is 1. The summed E-state index contributed by atoms with van der Waals surface area (Å²) in [6, 6.07) is 16.2. The maximum atomic E-state index is 11.8. The van der Waals surface area contributed by atoms with Crippen LogP contribution in [-0.4, -0.2) is 38.8 Å². The summed E-state index contributed by atoms with van der Waals surface area (Å²) in [7, 11) is 1.30. The number of hydrogen-bond acceptors (Lipinski definition) is 6. The Labute approximate surface area is 152 Å². The van der Waals surface area contributed by atoms with Gasteiger partial charge in [-0.05, 0) is 24.3 Å². The van der Waals surface area contributed by atoms with Gasteiger partial charge in [0.05, 0.1) is 31.6 Å². The summed E-state index contributed by atoms with van der Waals surface area (Å²) in [5, 5.41) is 0. The molecular weight excluding hydrogens is 336 g/mol. The fraction of sp³-hybridized carbons (Fsp3) is 0.263. The van der Waals surface area contributed by atoms with E-state index < -0.39 is 5.97 Å². The Bertz CT molecular complexity index is 706. The predicted octanol–water partition coefficient (Wildman–Crippen LogP) is 2.40. The van der Waals surface area contributed by atoms with Gasteiger partial charge in [0.1, 0.15) is 12.4 Å². The minimum Gasteiger partial charge on any atom is -0.494 e. The minimum absolute atomic E-state index is 0.0985. The highest BCUT2D eigenvalue weighted by Gasteiger charge is 2.11. The van der Waals surface area contributed by atoms with E-state index in [4.69, 9.17) is 9.47 Å². The zero-order valence-corrected chi connectivity index (χ0v) is 14.6.